The lowest BCUT2D eigenvalue weighted by Gasteiger charge is -2.33. The van der Waals surface area contributed by atoms with E-state index in [4.69, 9.17) is 14.2 Å². The minimum absolute atomic E-state index is 0.0457. The Labute approximate surface area is 170 Å². The number of methoxy groups -OCH3 is 2. The van der Waals surface area contributed by atoms with Crippen molar-refractivity contribution < 1.29 is 28.6 Å². The van der Waals surface area contributed by atoms with Gasteiger partial charge in [-0.3, -0.25) is 19.3 Å². The second kappa shape index (κ2) is 10.7. The number of ether oxygens (including phenoxy) is 3. The van der Waals surface area contributed by atoms with E-state index in [1.54, 1.807) is 23.1 Å². The van der Waals surface area contributed by atoms with Gasteiger partial charge in [0.1, 0.15) is 17.5 Å². The standard InChI is InChI=1S/C20H29N3O6/c1-13(2)12-29-19(25)10-16-20(26)21-7-8-23(16)11-18(24)22-15-9-14(27-3)5-6-17(15)28-4/h5-6,9,13,16H,7-8,10-12H2,1-4H3,(H,21,26)(H,22,24). The van der Waals surface area contributed by atoms with Crippen molar-refractivity contribution in [3.05, 3.63) is 18.2 Å². The van der Waals surface area contributed by atoms with Gasteiger partial charge in [-0.2, -0.15) is 0 Å². The van der Waals surface area contributed by atoms with Crippen LogP contribution in [0.15, 0.2) is 18.2 Å². The van der Waals surface area contributed by atoms with Crippen LogP contribution in [-0.2, 0) is 19.1 Å². The number of nitrogens with zero attached hydrogens (tertiary/aromatic N) is 1. The monoisotopic (exact) mass is 407 g/mol. The summed E-state index contributed by atoms with van der Waals surface area (Å²) in [5.74, 6) is 0.198. The Morgan fingerprint density at radius 1 is 1.28 bits per heavy atom. The predicted molar refractivity (Wildman–Crippen MR) is 107 cm³/mol. The first-order chi connectivity index (χ1) is 13.8. The first kappa shape index (κ1) is 22.5. The largest absolute Gasteiger partial charge is 0.497 e. The fourth-order valence-electron chi connectivity index (χ4n) is 2.94. The number of amides is 2. The van der Waals surface area contributed by atoms with Gasteiger partial charge in [0, 0.05) is 19.2 Å². The second-order valence-electron chi connectivity index (χ2n) is 7.17. The lowest BCUT2D eigenvalue weighted by atomic mass is 10.1. The van der Waals surface area contributed by atoms with Gasteiger partial charge in [0.15, 0.2) is 0 Å². The number of carbonyl (C=O) groups is 3. The van der Waals surface area contributed by atoms with Gasteiger partial charge in [-0.15, -0.1) is 0 Å². The molecule has 0 aliphatic carbocycles. The van der Waals surface area contributed by atoms with Gasteiger partial charge in [-0.1, -0.05) is 13.8 Å². The number of hydrogen-bond donors (Lipinski definition) is 2. The van der Waals surface area contributed by atoms with E-state index in [2.05, 4.69) is 10.6 Å². The summed E-state index contributed by atoms with van der Waals surface area (Å²) < 4.78 is 15.6. The molecular formula is C20H29N3O6. The molecule has 9 heteroatoms. The van der Waals surface area contributed by atoms with Gasteiger partial charge in [-0.25, -0.2) is 0 Å². The summed E-state index contributed by atoms with van der Waals surface area (Å²) in [5.41, 5.74) is 0.464. The number of benzene rings is 1. The van der Waals surface area contributed by atoms with Gasteiger partial charge >= 0.3 is 5.97 Å². The van der Waals surface area contributed by atoms with Crippen LogP contribution in [0.4, 0.5) is 5.69 Å². The normalized spacial score (nSPS) is 16.9. The molecule has 1 unspecified atom stereocenters. The zero-order chi connectivity index (χ0) is 21.4. The molecule has 160 valence electrons. The van der Waals surface area contributed by atoms with Crippen LogP contribution in [0.1, 0.15) is 20.3 Å². The highest BCUT2D eigenvalue weighted by Crippen LogP contribution is 2.28. The highest BCUT2D eigenvalue weighted by atomic mass is 16.5. The van der Waals surface area contributed by atoms with Crippen LogP contribution in [0, 0.1) is 5.92 Å². The van der Waals surface area contributed by atoms with Gasteiger partial charge in [0.25, 0.3) is 0 Å². The minimum Gasteiger partial charge on any atom is -0.497 e. The van der Waals surface area contributed by atoms with Crippen molar-refractivity contribution >= 4 is 23.5 Å². The maximum absolute atomic E-state index is 12.6. The van der Waals surface area contributed by atoms with Crippen LogP contribution in [0.2, 0.25) is 0 Å². The SMILES string of the molecule is COc1ccc(OC)c(NC(=O)CN2CCNC(=O)C2CC(=O)OCC(C)C)c1. The van der Waals surface area contributed by atoms with E-state index >= 15 is 0 Å². The van der Waals surface area contributed by atoms with Crippen LogP contribution in [0.25, 0.3) is 0 Å². The van der Waals surface area contributed by atoms with Crippen LogP contribution in [0.3, 0.4) is 0 Å². The zero-order valence-electron chi connectivity index (χ0n) is 17.3. The quantitative estimate of drug-likeness (QED) is 0.589. The number of carbonyl (C=O) groups excluding carboxylic acids is 3. The van der Waals surface area contributed by atoms with Crippen molar-refractivity contribution in [3.63, 3.8) is 0 Å². The lowest BCUT2D eigenvalue weighted by Crippen LogP contribution is -2.57. The van der Waals surface area contributed by atoms with Gasteiger partial charge in [0.05, 0.1) is 39.5 Å². The molecule has 1 aliphatic heterocycles. The van der Waals surface area contributed by atoms with E-state index in [9.17, 15) is 14.4 Å². The first-order valence-corrected chi connectivity index (χ1v) is 9.53. The van der Waals surface area contributed by atoms with Gasteiger partial charge < -0.3 is 24.8 Å². The number of piperazine rings is 1. The second-order valence-corrected chi connectivity index (χ2v) is 7.17. The molecule has 1 aromatic carbocycles. The smallest absolute Gasteiger partial charge is 0.307 e. The van der Waals surface area contributed by atoms with Crippen molar-refractivity contribution in [3.8, 4) is 11.5 Å². The lowest BCUT2D eigenvalue weighted by molar-refractivity contribution is -0.149. The maximum atomic E-state index is 12.6. The predicted octanol–water partition coefficient (Wildman–Crippen LogP) is 1.03. The molecule has 1 aliphatic rings. The van der Waals surface area contributed by atoms with E-state index < -0.39 is 12.0 Å². The molecule has 2 N–H and O–H groups in total. The third-order valence-corrected chi connectivity index (χ3v) is 4.41. The third kappa shape index (κ3) is 6.63. The Hall–Kier alpha value is -2.81. The van der Waals surface area contributed by atoms with Crippen molar-refractivity contribution in [2.45, 2.75) is 26.3 Å². The summed E-state index contributed by atoms with van der Waals surface area (Å²) in [6.07, 6.45) is -0.103. The Balaban J connectivity index is 2.03. The van der Waals surface area contributed by atoms with Crippen LogP contribution >= 0.6 is 0 Å². The highest BCUT2D eigenvalue weighted by molar-refractivity contribution is 5.95. The van der Waals surface area contributed by atoms with Crippen LogP contribution in [0.5, 0.6) is 11.5 Å². The third-order valence-electron chi connectivity index (χ3n) is 4.41. The molecule has 1 saturated heterocycles. The first-order valence-electron chi connectivity index (χ1n) is 9.53. The van der Waals surface area contributed by atoms with Gasteiger partial charge in [-0.05, 0) is 18.1 Å². The Morgan fingerprint density at radius 3 is 2.69 bits per heavy atom. The van der Waals surface area contributed by atoms with E-state index in [-0.39, 0.29) is 30.7 Å². The molecule has 0 aromatic heterocycles. The van der Waals surface area contributed by atoms with E-state index in [1.807, 2.05) is 13.8 Å². The Morgan fingerprint density at radius 2 is 2.03 bits per heavy atom. The molecule has 1 atom stereocenters. The molecule has 1 heterocycles. The Bertz CT molecular complexity index is 737. The van der Waals surface area contributed by atoms with E-state index in [0.29, 0.717) is 36.9 Å². The summed E-state index contributed by atoms with van der Waals surface area (Å²) in [7, 11) is 3.04. The molecule has 0 saturated carbocycles. The summed E-state index contributed by atoms with van der Waals surface area (Å²) in [6.45, 7) is 4.98. The van der Waals surface area contributed by atoms with Crippen molar-refractivity contribution in [2.75, 3.05) is 45.8 Å². The number of anilines is 1. The molecule has 0 radical (unpaired) electrons. The topological polar surface area (TPSA) is 106 Å². The fourth-order valence-corrected chi connectivity index (χ4v) is 2.94. The molecule has 2 amide bonds. The molecule has 1 aromatic rings. The van der Waals surface area contributed by atoms with Crippen molar-refractivity contribution in [1.29, 1.82) is 0 Å². The molecule has 2 rings (SSSR count). The molecular weight excluding hydrogens is 378 g/mol. The summed E-state index contributed by atoms with van der Waals surface area (Å²) in [6, 6.07) is 4.32. The molecule has 0 spiro atoms. The van der Waals surface area contributed by atoms with Crippen LogP contribution < -0.4 is 20.1 Å². The molecule has 1 fully saturated rings. The minimum atomic E-state index is -0.749. The van der Waals surface area contributed by atoms with Crippen LogP contribution in [-0.4, -0.2) is 69.2 Å². The Kier molecular flexibility index (Phi) is 8.26. The molecule has 9 nitrogen and oxygen atoms in total. The number of esters is 1. The van der Waals surface area contributed by atoms with Gasteiger partial charge in [0.2, 0.25) is 11.8 Å². The number of rotatable bonds is 9. The highest BCUT2D eigenvalue weighted by Gasteiger charge is 2.33. The number of nitrogens with one attached hydrogen (secondary N) is 2. The van der Waals surface area contributed by atoms with E-state index in [0.717, 1.165) is 0 Å². The average molecular weight is 407 g/mol. The zero-order valence-corrected chi connectivity index (χ0v) is 17.3. The van der Waals surface area contributed by atoms with E-state index in [1.165, 1.54) is 14.2 Å². The van der Waals surface area contributed by atoms with Crippen molar-refractivity contribution in [1.82, 2.24) is 10.2 Å². The van der Waals surface area contributed by atoms with Crippen molar-refractivity contribution in [2.24, 2.45) is 5.92 Å². The average Bonchev–Trinajstić information content (AvgIpc) is 2.68. The summed E-state index contributed by atoms with van der Waals surface area (Å²) >= 11 is 0. The fraction of sp³-hybridized carbons (Fsp3) is 0.550. The number of hydrogen-bond acceptors (Lipinski definition) is 7. The molecule has 0 bridgehead atoms. The molecule has 29 heavy (non-hydrogen) atoms. The maximum Gasteiger partial charge on any atom is 0.307 e. The summed E-state index contributed by atoms with van der Waals surface area (Å²) in [5, 5.41) is 5.51. The summed E-state index contributed by atoms with van der Waals surface area (Å²) in [4.78, 5) is 38.6.